The molecule has 8 heteroatoms. The minimum atomic E-state index is -0.531. The van der Waals surface area contributed by atoms with E-state index >= 15 is 0 Å². The Balaban J connectivity index is 2.02. The zero-order valence-electron chi connectivity index (χ0n) is 15.9. The molecular weight excluding hydrogens is 383 g/mol. The molecule has 3 aromatic rings. The van der Waals surface area contributed by atoms with Crippen molar-refractivity contribution < 1.29 is 9.13 Å². The fourth-order valence-electron chi connectivity index (χ4n) is 3.45. The Bertz CT molecular complexity index is 1130. The average molecular weight is 403 g/mol. The summed E-state index contributed by atoms with van der Waals surface area (Å²) >= 11 is 5.91. The number of morpholine rings is 1. The molecule has 0 unspecified atom stereocenters. The molecule has 4 rings (SSSR count). The second kappa shape index (κ2) is 7.14. The number of anilines is 1. The lowest BCUT2D eigenvalue weighted by Gasteiger charge is -2.32. The third kappa shape index (κ3) is 3.25. The number of pyridine rings is 1. The highest BCUT2D eigenvalue weighted by Crippen LogP contribution is 2.31. The molecule has 1 aliphatic heterocycles. The molecule has 2 aromatic heterocycles. The highest BCUT2D eigenvalue weighted by atomic mass is 35.5. The molecule has 0 N–H and O–H groups in total. The van der Waals surface area contributed by atoms with Gasteiger partial charge in [-0.25, -0.2) is 14.4 Å². The number of aromatic nitrogens is 3. The number of halogens is 2. The van der Waals surface area contributed by atoms with Crippen LogP contribution in [0.25, 0.3) is 22.2 Å². The maximum Gasteiger partial charge on any atom is 0.263 e. The van der Waals surface area contributed by atoms with Gasteiger partial charge in [-0.2, -0.15) is 0 Å². The first-order chi connectivity index (χ1) is 13.3. The van der Waals surface area contributed by atoms with Crippen LogP contribution in [0.4, 0.5) is 10.2 Å². The van der Waals surface area contributed by atoms with E-state index in [1.165, 1.54) is 10.6 Å². The average Bonchev–Trinajstić information content (AvgIpc) is 2.65. The van der Waals surface area contributed by atoms with Gasteiger partial charge in [0, 0.05) is 36.8 Å². The molecule has 0 aliphatic carbocycles. The summed E-state index contributed by atoms with van der Waals surface area (Å²) in [4.78, 5) is 24.3. The van der Waals surface area contributed by atoms with Gasteiger partial charge in [0.15, 0.2) is 0 Å². The van der Waals surface area contributed by atoms with Gasteiger partial charge in [0.2, 0.25) is 0 Å². The molecule has 1 atom stereocenters. The third-order valence-electron chi connectivity index (χ3n) is 5.02. The van der Waals surface area contributed by atoms with Crippen molar-refractivity contribution >= 4 is 28.3 Å². The lowest BCUT2D eigenvalue weighted by molar-refractivity contribution is 0.0529. The van der Waals surface area contributed by atoms with E-state index < -0.39 is 5.82 Å². The maximum atomic E-state index is 14.7. The van der Waals surface area contributed by atoms with E-state index in [0.717, 1.165) is 0 Å². The number of nitrogens with zero attached hydrogens (tertiary/aromatic N) is 4. The minimum Gasteiger partial charge on any atom is -0.375 e. The molecule has 146 valence electrons. The van der Waals surface area contributed by atoms with Crippen molar-refractivity contribution in [3.63, 3.8) is 0 Å². The van der Waals surface area contributed by atoms with E-state index in [2.05, 4.69) is 14.9 Å². The van der Waals surface area contributed by atoms with Crippen molar-refractivity contribution in [1.29, 1.82) is 0 Å². The van der Waals surface area contributed by atoms with Crippen LogP contribution in [0.2, 0.25) is 5.02 Å². The second-order valence-electron chi connectivity index (χ2n) is 7.00. The lowest BCUT2D eigenvalue weighted by atomic mass is 10.1. The molecule has 6 nitrogen and oxygen atoms in total. The molecular formula is C20H20ClFN4O2. The monoisotopic (exact) mass is 402 g/mol. The van der Waals surface area contributed by atoms with Crippen molar-refractivity contribution in [1.82, 2.24) is 14.5 Å². The summed E-state index contributed by atoms with van der Waals surface area (Å²) in [6.07, 6.45) is 0.0558. The topological polar surface area (TPSA) is 60.2 Å². The number of hydrogen-bond donors (Lipinski definition) is 0. The summed E-state index contributed by atoms with van der Waals surface area (Å²) < 4.78 is 21.8. The van der Waals surface area contributed by atoms with Gasteiger partial charge < -0.3 is 9.64 Å². The van der Waals surface area contributed by atoms with Gasteiger partial charge in [0.25, 0.3) is 5.56 Å². The molecule has 3 heterocycles. The summed E-state index contributed by atoms with van der Waals surface area (Å²) in [5, 5.41) is 0.574. The van der Waals surface area contributed by atoms with E-state index in [-0.39, 0.29) is 27.9 Å². The molecule has 0 amide bonds. The smallest absolute Gasteiger partial charge is 0.263 e. The highest BCUT2D eigenvalue weighted by molar-refractivity contribution is 6.30. The first kappa shape index (κ1) is 18.8. The Morgan fingerprint density at radius 2 is 2.07 bits per heavy atom. The molecule has 0 spiro atoms. The predicted molar refractivity (Wildman–Crippen MR) is 108 cm³/mol. The normalized spacial score (nSPS) is 17.3. The standard InChI is InChI=1S/C20H20ClFN4O2/c1-11-10-26(6-7-28-11)17-9-16-18(20(27)25(3)12(2)23-16)19(24-17)14-5-4-13(21)8-15(14)22/h4-5,8-9,11H,6-7,10H2,1-3H3/t11-/m1/s1. The van der Waals surface area contributed by atoms with Crippen LogP contribution in [0.5, 0.6) is 0 Å². The largest absolute Gasteiger partial charge is 0.375 e. The molecule has 1 aliphatic rings. The van der Waals surface area contributed by atoms with E-state index in [9.17, 15) is 9.18 Å². The minimum absolute atomic E-state index is 0.0558. The molecule has 0 bridgehead atoms. The zero-order valence-corrected chi connectivity index (χ0v) is 16.6. The van der Waals surface area contributed by atoms with Gasteiger partial charge in [0.1, 0.15) is 17.5 Å². The fourth-order valence-corrected chi connectivity index (χ4v) is 3.61. The Hall–Kier alpha value is -2.51. The number of benzene rings is 1. The van der Waals surface area contributed by atoms with E-state index in [4.69, 9.17) is 16.3 Å². The Morgan fingerprint density at radius 1 is 1.29 bits per heavy atom. The van der Waals surface area contributed by atoms with Gasteiger partial charge in [-0.1, -0.05) is 11.6 Å². The van der Waals surface area contributed by atoms with Gasteiger partial charge >= 0.3 is 0 Å². The lowest BCUT2D eigenvalue weighted by Crippen LogP contribution is -2.41. The van der Waals surface area contributed by atoms with Crippen LogP contribution in [-0.2, 0) is 11.8 Å². The Kier molecular flexibility index (Phi) is 4.81. The van der Waals surface area contributed by atoms with Crippen molar-refractivity contribution in [3.05, 3.63) is 51.3 Å². The van der Waals surface area contributed by atoms with Crippen molar-refractivity contribution in [2.75, 3.05) is 24.6 Å². The molecule has 28 heavy (non-hydrogen) atoms. The predicted octanol–water partition coefficient (Wildman–Crippen LogP) is 3.32. The highest BCUT2D eigenvalue weighted by Gasteiger charge is 2.23. The van der Waals surface area contributed by atoms with Gasteiger partial charge in [-0.15, -0.1) is 0 Å². The Morgan fingerprint density at radius 3 is 2.79 bits per heavy atom. The number of ether oxygens (including phenoxy) is 1. The molecule has 0 radical (unpaired) electrons. The maximum absolute atomic E-state index is 14.7. The van der Waals surface area contributed by atoms with E-state index in [1.54, 1.807) is 32.2 Å². The van der Waals surface area contributed by atoms with Crippen LogP contribution in [0, 0.1) is 12.7 Å². The van der Waals surface area contributed by atoms with Gasteiger partial charge in [-0.3, -0.25) is 9.36 Å². The molecule has 1 aromatic carbocycles. The summed E-state index contributed by atoms with van der Waals surface area (Å²) in [5.74, 6) is 0.691. The number of hydrogen-bond acceptors (Lipinski definition) is 5. The van der Waals surface area contributed by atoms with E-state index in [0.29, 0.717) is 42.2 Å². The van der Waals surface area contributed by atoms with Crippen LogP contribution in [-0.4, -0.2) is 40.3 Å². The summed E-state index contributed by atoms with van der Waals surface area (Å²) in [6, 6.07) is 6.15. The summed E-state index contributed by atoms with van der Waals surface area (Å²) in [6.45, 7) is 5.65. The van der Waals surface area contributed by atoms with Crippen molar-refractivity contribution in [2.24, 2.45) is 7.05 Å². The zero-order chi connectivity index (χ0) is 20.0. The number of fused-ring (bicyclic) bond motifs is 1. The van der Waals surface area contributed by atoms with Crippen LogP contribution < -0.4 is 10.5 Å². The fraction of sp³-hybridized carbons (Fsp3) is 0.350. The van der Waals surface area contributed by atoms with Crippen LogP contribution in [0.3, 0.4) is 0 Å². The number of aryl methyl sites for hydroxylation is 1. The van der Waals surface area contributed by atoms with Crippen LogP contribution in [0.1, 0.15) is 12.7 Å². The quantitative estimate of drug-likeness (QED) is 0.658. The van der Waals surface area contributed by atoms with Crippen LogP contribution in [0.15, 0.2) is 29.1 Å². The Labute approximate surface area is 166 Å². The van der Waals surface area contributed by atoms with Gasteiger partial charge in [0.05, 0.1) is 29.3 Å². The number of rotatable bonds is 2. The van der Waals surface area contributed by atoms with E-state index in [1.807, 2.05) is 6.92 Å². The van der Waals surface area contributed by atoms with Crippen molar-refractivity contribution in [2.45, 2.75) is 20.0 Å². The first-order valence-corrected chi connectivity index (χ1v) is 9.43. The second-order valence-corrected chi connectivity index (χ2v) is 7.43. The van der Waals surface area contributed by atoms with Crippen molar-refractivity contribution in [3.8, 4) is 11.3 Å². The molecule has 1 saturated heterocycles. The molecule has 1 fully saturated rings. The third-order valence-corrected chi connectivity index (χ3v) is 5.26. The summed E-state index contributed by atoms with van der Waals surface area (Å²) in [5.41, 5.74) is 0.726. The molecule has 0 saturated carbocycles. The summed E-state index contributed by atoms with van der Waals surface area (Å²) in [7, 11) is 1.64. The SMILES string of the molecule is Cc1nc2cc(N3CCO[C@H](C)C3)nc(-c3ccc(Cl)cc3F)c2c(=O)n1C. The first-order valence-electron chi connectivity index (χ1n) is 9.05. The van der Waals surface area contributed by atoms with Gasteiger partial charge in [-0.05, 0) is 32.0 Å². The van der Waals surface area contributed by atoms with Crippen LogP contribution >= 0.6 is 11.6 Å².